The molecule has 108 valence electrons. The highest BCUT2D eigenvalue weighted by Crippen LogP contribution is 1.90. The Kier molecular flexibility index (Phi) is 12.7. The summed E-state index contributed by atoms with van der Waals surface area (Å²) in [4.78, 5) is 0. The predicted octanol–water partition coefficient (Wildman–Crippen LogP) is 1.74. The molecular formula is C14H29NO3. The van der Waals surface area contributed by atoms with Crippen molar-refractivity contribution >= 4 is 0 Å². The number of allylic oxidation sites excluding steroid dienone is 1. The van der Waals surface area contributed by atoms with Crippen molar-refractivity contribution in [1.82, 2.24) is 5.32 Å². The molecule has 0 saturated heterocycles. The van der Waals surface area contributed by atoms with Crippen molar-refractivity contribution in [1.29, 1.82) is 0 Å². The second-order valence-electron chi connectivity index (χ2n) is 4.63. The van der Waals surface area contributed by atoms with Gasteiger partial charge >= 0.3 is 0 Å². The summed E-state index contributed by atoms with van der Waals surface area (Å²) in [5.41, 5.74) is 1.28. The van der Waals surface area contributed by atoms with Gasteiger partial charge in [-0.2, -0.15) is 0 Å². The fourth-order valence-electron chi connectivity index (χ4n) is 1.27. The zero-order valence-electron chi connectivity index (χ0n) is 12.1. The number of ether oxygens (including phenoxy) is 2. The zero-order chi connectivity index (χ0) is 13.6. The summed E-state index contributed by atoms with van der Waals surface area (Å²) in [6.45, 7) is 9.91. The van der Waals surface area contributed by atoms with E-state index >= 15 is 0 Å². The molecule has 0 fully saturated rings. The van der Waals surface area contributed by atoms with Gasteiger partial charge in [-0.25, -0.2) is 0 Å². The van der Waals surface area contributed by atoms with Crippen LogP contribution in [0.5, 0.6) is 0 Å². The molecule has 0 amide bonds. The lowest BCUT2D eigenvalue weighted by Crippen LogP contribution is -2.31. The second-order valence-corrected chi connectivity index (χ2v) is 4.63. The molecular weight excluding hydrogens is 230 g/mol. The molecule has 18 heavy (non-hydrogen) atoms. The first-order chi connectivity index (χ1) is 8.66. The number of rotatable bonds is 12. The highest BCUT2D eigenvalue weighted by Gasteiger charge is 2.02. The number of hydrogen-bond donors (Lipinski definition) is 2. The van der Waals surface area contributed by atoms with Gasteiger partial charge < -0.3 is 19.9 Å². The molecule has 2 N–H and O–H groups in total. The van der Waals surface area contributed by atoms with Crippen molar-refractivity contribution in [3.63, 3.8) is 0 Å². The van der Waals surface area contributed by atoms with Gasteiger partial charge in [0.2, 0.25) is 0 Å². The molecule has 0 aliphatic carbocycles. The molecule has 0 saturated carbocycles. The van der Waals surface area contributed by atoms with Crippen LogP contribution < -0.4 is 5.32 Å². The van der Waals surface area contributed by atoms with Crippen molar-refractivity contribution in [2.24, 2.45) is 0 Å². The van der Waals surface area contributed by atoms with Crippen LogP contribution in [0, 0.1) is 0 Å². The largest absolute Gasteiger partial charge is 0.389 e. The van der Waals surface area contributed by atoms with Gasteiger partial charge in [-0.3, -0.25) is 0 Å². The number of nitrogens with one attached hydrogen (secondary N) is 1. The lowest BCUT2D eigenvalue weighted by atomic mass is 10.3. The minimum Gasteiger partial charge on any atom is -0.389 e. The molecule has 0 aromatic heterocycles. The Balaban J connectivity index is 3.21. The summed E-state index contributed by atoms with van der Waals surface area (Å²) in [5.74, 6) is 0. The smallest absolute Gasteiger partial charge is 0.0897 e. The normalized spacial score (nSPS) is 12.4. The highest BCUT2D eigenvalue weighted by molar-refractivity contribution is 4.94. The lowest BCUT2D eigenvalue weighted by Gasteiger charge is -2.11. The predicted molar refractivity (Wildman–Crippen MR) is 74.9 cm³/mol. The summed E-state index contributed by atoms with van der Waals surface area (Å²) in [6.07, 6.45) is 3.88. The molecule has 0 heterocycles. The van der Waals surface area contributed by atoms with Crippen LogP contribution in [0.25, 0.3) is 0 Å². The first-order valence-corrected chi connectivity index (χ1v) is 6.84. The van der Waals surface area contributed by atoms with Gasteiger partial charge in [-0.1, -0.05) is 25.0 Å². The molecule has 1 unspecified atom stereocenters. The second kappa shape index (κ2) is 13.0. The third-order valence-corrected chi connectivity index (χ3v) is 2.36. The molecule has 0 aromatic rings. The van der Waals surface area contributed by atoms with Gasteiger partial charge in [0.25, 0.3) is 0 Å². The first-order valence-electron chi connectivity index (χ1n) is 6.84. The maximum atomic E-state index is 9.61. The minimum atomic E-state index is -0.453. The van der Waals surface area contributed by atoms with Crippen LogP contribution in [0.1, 0.15) is 33.6 Å². The topological polar surface area (TPSA) is 50.7 Å². The molecule has 0 aliphatic heterocycles. The van der Waals surface area contributed by atoms with E-state index in [0.717, 1.165) is 26.0 Å². The van der Waals surface area contributed by atoms with E-state index in [9.17, 15) is 5.11 Å². The van der Waals surface area contributed by atoms with Crippen LogP contribution in [0.2, 0.25) is 0 Å². The van der Waals surface area contributed by atoms with Crippen LogP contribution >= 0.6 is 0 Å². The third-order valence-electron chi connectivity index (χ3n) is 2.36. The Morgan fingerprint density at radius 1 is 1.22 bits per heavy atom. The van der Waals surface area contributed by atoms with Gasteiger partial charge in [-0.15, -0.1) is 0 Å². The Morgan fingerprint density at radius 2 is 1.94 bits per heavy atom. The molecule has 1 atom stereocenters. The summed E-state index contributed by atoms with van der Waals surface area (Å²) in [6, 6.07) is 0. The van der Waals surface area contributed by atoms with Crippen molar-refractivity contribution in [3.8, 4) is 0 Å². The fraction of sp³-hybridized carbons (Fsp3) is 0.857. The van der Waals surface area contributed by atoms with E-state index in [1.54, 1.807) is 0 Å². The van der Waals surface area contributed by atoms with E-state index in [4.69, 9.17) is 9.47 Å². The Morgan fingerprint density at radius 3 is 2.61 bits per heavy atom. The highest BCUT2D eigenvalue weighted by atomic mass is 16.5. The molecule has 0 aromatic carbocycles. The van der Waals surface area contributed by atoms with Crippen LogP contribution in [-0.4, -0.2) is 50.7 Å². The molecule has 0 rings (SSSR count). The Labute approximate surface area is 111 Å². The quantitative estimate of drug-likeness (QED) is 0.414. The third kappa shape index (κ3) is 13.6. The standard InChI is InChI=1S/C14H29NO3/c1-4-5-8-17-9-10-18-12-14(16)11-15-7-6-13(2)3/h6,14-16H,4-5,7-12H2,1-3H3. The van der Waals surface area contributed by atoms with Crippen molar-refractivity contribution in [2.45, 2.75) is 39.7 Å². The summed E-state index contributed by atoms with van der Waals surface area (Å²) in [5, 5.41) is 12.8. The summed E-state index contributed by atoms with van der Waals surface area (Å²) >= 11 is 0. The average Bonchev–Trinajstić information content (AvgIpc) is 2.33. The van der Waals surface area contributed by atoms with E-state index < -0.39 is 6.10 Å². The lowest BCUT2D eigenvalue weighted by molar-refractivity contribution is 0.00419. The first kappa shape index (κ1) is 17.6. The van der Waals surface area contributed by atoms with Crippen LogP contribution in [0.15, 0.2) is 11.6 Å². The number of aliphatic hydroxyl groups excluding tert-OH is 1. The summed E-state index contributed by atoms with van der Waals surface area (Å²) in [7, 11) is 0. The van der Waals surface area contributed by atoms with Gasteiger partial charge in [0, 0.05) is 19.7 Å². The summed E-state index contributed by atoms with van der Waals surface area (Å²) < 4.78 is 10.7. The average molecular weight is 259 g/mol. The van der Waals surface area contributed by atoms with Crippen LogP contribution in [0.3, 0.4) is 0 Å². The van der Waals surface area contributed by atoms with E-state index in [-0.39, 0.29) is 0 Å². The number of unbranched alkanes of at least 4 members (excludes halogenated alkanes) is 1. The monoisotopic (exact) mass is 259 g/mol. The van der Waals surface area contributed by atoms with Crippen molar-refractivity contribution < 1.29 is 14.6 Å². The van der Waals surface area contributed by atoms with Crippen molar-refractivity contribution in [3.05, 3.63) is 11.6 Å². The SMILES string of the molecule is CCCCOCCOCC(O)CNCC=C(C)C. The molecule has 0 bridgehead atoms. The maximum Gasteiger partial charge on any atom is 0.0897 e. The maximum absolute atomic E-state index is 9.61. The fourth-order valence-corrected chi connectivity index (χ4v) is 1.27. The Bertz CT molecular complexity index is 203. The zero-order valence-corrected chi connectivity index (χ0v) is 12.1. The van der Waals surface area contributed by atoms with E-state index in [2.05, 4.69) is 32.2 Å². The number of hydrogen-bond acceptors (Lipinski definition) is 4. The minimum absolute atomic E-state index is 0.360. The van der Waals surface area contributed by atoms with Gasteiger partial charge in [0.05, 0.1) is 25.9 Å². The van der Waals surface area contributed by atoms with Crippen LogP contribution in [0.4, 0.5) is 0 Å². The van der Waals surface area contributed by atoms with Gasteiger partial charge in [0.15, 0.2) is 0 Å². The molecule has 0 spiro atoms. The molecule has 4 nitrogen and oxygen atoms in total. The van der Waals surface area contributed by atoms with E-state index in [1.807, 2.05) is 0 Å². The van der Waals surface area contributed by atoms with Gasteiger partial charge in [0.1, 0.15) is 0 Å². The van der Waals surface area contributed by atoms with Gasteiger partial charge in [-0.05, 0) is 20.3 Å². The molecule has 4 heteroatoms. The van der Waals surface area contributed by atoms with Crippen LogP contribution in [-0.2, 0) is 9.47 Å². The molecule has 0 radical (unpaired) electrons. The number of aliphatic hydroxyl groups is 1. The Hall–Kier alpha value is -0.420. The van der Waals surface area contributed by atoms with E-state index in [1.165, 1.54) is 5.57 Å². The molecule has 0 aliphatic rings. The van der Waals surface area contributed by atoms with Crippen molar-refractivity contribution in [2.75, 3.05) is 39.5 Å². The van der Waals surface area contributed by atoms with E-state index in [0.29, 0.717) is 26.4 Å².